The first-order valence-corrected chi connectivity index (χ1v) is 7.69. The van der Waals surface area contributed by atoms with Gasteiger partial charge in [0.2, 0.25) is 5.60 Å². The van der Waals surface area contributed by atoms with Gasteiger partial charge in [-0.2, -0.15) is 0 Å². The Bertz CT molecular complexity index is 521. The molecular formula is C14H25N3O10. The molecule has 0 rings (SSSR count). The predicted octanol–water partition coefficient (Wildman–Crippen LogP) is -2.21. The largest absolute Gasteiger partial charge is 0.481 e. The molecule has 0 aliphatic carbocycles. The van der Waals surface area contributed by atoms with Gasteiger partial charge in [-0.3, -0.25) is 19.2 Å². The number of carboxylic acids is 4. The second kappa shape index (κ2) is 13.4. The Morgan fingerprint density at radius 2 is 1.37 bits per heavy atom. The highest BCUT2D eigenvalue weighted by Gasteiger charge is 2.46. The van der Waals surface area contributed by atoms with Crippen molar-refractivity contribution < 1.29 is 49.1 Å². The summed E-state index contributed by atoms with van der Waals surface area (Å²) in [6, 6.07) is -0.716. The topological polar surface area (TPSA) is 254 Å². The van der Waals surface area contributed by atoms with Crippen LogP contribution in [0, 0.1) is 0 Å². The van der Waals surface area contributed by atoms with E-state index in [-0.39, 0.29) is 0 Å². The molecular weight excluding hydrogens is 370 g/mol. The number of hydrogen-bond donors (Lipinski definition) is 7. The summed E-state index contributed by atoms with van der Waals surface area (Å²) in [6.07, 6.45) is -0.168. The van der Waals surface area contributed by atoms with Crippen LogP contribution in [0.3, 0.4) is 0 Å². The van der Waals surface area contributed by atoms with Crippen molar-refractivity contribution in [2.75, 3.05) is 13.1 Å². The molecule has 0 aromatic carbocycles. The zero-order valence-electron chi connectivity index (χ0n) is 14.5. The van der Waals surface area contributed by atoms with E-state index in [2.05, 4.69) is 4.74 Å². The van der Waals surface area contributed by atoms with Crippen molar-refractivity contribution in [3.8, 4) is 0 Å². The van der Waals surface area contributed by atoms with E-state index in [9.17, 15) is 24.0 Å². The normalized spacial score (nSPS) is 11.5. The van der Waals surface area contributed by atoms with Crippen molar-refractivity contribution in [3.63, 3.8) is 0 Å². The summed E-state index contributed by atoms with van der Waals surface area (Å²) >= 11 is 0. The van der Waals surface area contributed by atoms with Crippen LogP contribution in [0.2, 0.25) is 0 Å². The van der Waals surface area contributed by atoms with Gasteiger partial charge in [0.05, 0.1) is 19.4 Å². The highest BCUT2D eigenvalue weighted by atomic mass is 16.6. The molecule has 27 heavy (non-hydrogen) atoms. The highest BCUT2D eigenvalue weighted by Crippen LogP contribution is 2.22. The number of rotatable bonds is 12. The lowest BCUT2D eigenvalue weighted by atomic mass is 9.95. The van der Waals surface area contributed by atoms with E-state index >= 15 is 0 Å². The van der Waals surface area contributed by atoms with Crippen LogP contribution in [0.1, 0.15) is 32.1 Å². The first kappa shape index (κ1) is 26.5. The third-order valence-corrected chi connectivity index (χ3v) is 3.03. The maximum atomic E-state index is 10.9. The van der Waals surface area contributed by atoms with Crippen LogP contribution >= 0.6 is 0 Å². The molecule has 0 fully saturated rings. The molecule has 0 saturated carbocycles. The standard InChI is InChI=1S/C8H11NO8.C6H14N2O2/c9-3-6(14)17-8(7(15)16,1-4(10)11)2-5(12)13;7-4-2-1-3-5(8)6(9)10/h1-3,9H2,(H,10,11)(H,12,13)(H,15,16);5H,1-4,7-8H2,(H,9,10)/t;5-/m.0/s1. The molecule has 0 spiro atoms. The van der Waals surface area contributed by atoms with Crippen LogP contribution in [-0.4, -0.2) is 75.0 Å². The Morgan fingerprint density at radius 1 is 0.889 bits per heavy atom. The molecule has 0 unspecified atom stereocenters. The van der Waals surface area contributed by atoms with E-state index in [1.165, 1.54) is 0 Å². The van der Waals surface area contributed by atoms with Crippen LogP contribution in [0.15, 0.2) is 0 Å². The average molecular weight is 395 g/mol. The molecule has 1 atom stereocenters. The van der Waals surface area contributed by atoms with Gasteiger partial charge in [-0.25, -0.2) is 4.79 Å². The fourth-order valence-corrected chi connectivity index (χ4v) is 1.71. The van der Waals surface area contributed by atoms with E-state index in [0.29, 0.717) is 13.0 Å². The van der Waals surface area contributed by atoms with Gasteiger partial charge in [0, 0.05) is 0 Å². The van der Waals surface area contributed by atoms with Crippen LogP contribution in [0.5, 0.6) is 0 Å². The maximum Gasteiger partial charge on any atom is 0.349 e. The summed E-state index contributed by atoms with van der Waals surface area (Å²) in [6.45, 7) is -0.0827. The molecule has 0 aromatic rings. The molecule has 13 heteroatoms. The molecule has 0 saturated heterocycles. The summed E-state index contributed by atoms with van der Waals surface area (Å²) in [7, 11) is 0. The van der Waals surface area contributed by atoms with E-state index < -0.39 is 60.9 Å². The number of hydrogen-bond acceptors (Lipinski definition) is 9. The lowest BCUT2D eigenvalue weighted by Crippen LogP contribution is -2.48. The number of unbranched alkanes of at least 4 members (excludes halogenated alkanes) is 1. The first-order valence-electron chi connectivity index (χ1n) is 7.69. The molecule has 0 amide bonds. The summed E-state index contributed by atoms with van der Waals surface area (Å²) in [5.41, 5.74) is 12.7. The summed E-state index contributed by atoms with van der Waals surface area (Å²) in [5, 5.41) is 34.2. The van der Waals surface area contributed by atoms with E-state index in [0.717, 1.165) is 12.8 Å². The van der Waals surface area contributed by atoms with Gasteiger partial charge in [0.25, 0.3) is 0 Å². The SMILES string of the molecule is NCC(=O)OC(CC(=O)O)(CC(=O)O)C(=O)O.NCCCC[C@H](N)C(=O)O. The second-order valence-corrected chi connectivity index (χ2v) is 5.35. The molecule has 0 heterocycles. The van der Waals surface area contributed by atoms with Crippen molar-refractivity contribution in [2.24, 2.45) is 17.2 Å². The smallest absolute Gasteiger partial charge is 0.349 e. The fourth-order valence-electron chi connectivity index (χ4n) is 1.71. The van der Waals surface area contributed by atoms with Gasteiger partial charge in [-0.05, 0) is 19.4 Å². The van der Waals surface area contributed by atoms with Crippen LogP contribution < -0.4 is 17.2 Å². The summed E-state index contributed by atoms with van der Waals surface area (Å²) in [5.74, 6) is -7.21. The minimum Gasteiger partial charge on any atom is -0.481 e. The van der Waals surface area contributed by atoms with Crippen LogP contribution in [0.25, 0.3) is 0 Å². The van der Waals surface area contributed by atoms with Gasteiger partial charge < -0.3 is 42.4 Å². The number of carboxylic acid groups (broad SMARTS) is 4. The van der Waals surface area contributed by atoms with E-state index in [1.54, 1.807) is 0 Å². The highest BCUT2D eigenvalue weighted by molar-refractivity contribution is 5.90. The minimum atomic E-state index is -2.64. The van der Waals surface area contributed by atoms with Crippen molar-refractivity contribution in [3.05, 3.63) is 0 Å². The number of carbonyl (C=O) groups excluding carboxylic acids is 1. The lowest BCUT2D eigenvalue weighted by Gasteiger charge is -2.25. The van der Waals surface area contributed by atoms with Crippen LogP contribution in [0.4, 0.5) is 0 Å². The predicted molar refractivity (Wildman–Crippen MR) is 88.5 cm³/mol. The molecule has 13 nitrogen and oxygen atoms in total. The molecule has 0 aliphatic rings. The number of carbonyl (C=O) groups is 5. The van der Waals surface area contributed by atoms with Gasteiger partial charge in [0.15, 0.2) is 0 Å². The Kier molecular flexibility index (Phi) is 13.2. The fraction of sp³-hybridized carbons (Fsp3) is 0.643. The molecule has 156 valence electrons. The van der Waals surface area contributed by atoms with Crippen molar-refractivity contribution in [1.82, 2.24) is 0 Å². The Hall–Kier alpha value is -2.77. The van der Waals surface area contributed by atoms with Gasteiger partial charge >= 0.3 is 29.8 Å². The number of ether oxygens (including phenoxy) is 1. The lowest BCUT2D eigenvalue weighted by molar-refractivity contribution is -0.185. The van der Waals surface area contributed by atoms with Crippen molar-refractivity contribution in [1.29, 1.82) is 0 Å². The first-order chi connectivity index (χ1) is 12.4. The second-order valence-electron chi connectivity index (χ2n) is 5.35. The third-order valence-electron chi connectivity index (χ3n) is 3.03. The van der Waals surface area contributed by atoms with E-state index in [1.807, 2.05) is 0 Å². The zero-order chi connectivity index (χ0) is 21.6. The summed E-state index contributed by atoms with van der Waals surface area (Å²) < 4.78 is 4.35. The third kappa shape index (κ3) is 12.3. The Morgan fingerprint density at radius 3 is 1.67 bits per heavy atom. The molecule has 10 N–H and O–H groups in total. The summed E-state index contributed by atoms with van der Waals surface area (Å²) in [4.78, 5) is 52.9. The van der Waals surface area contributed by atoms with Crippen LogP contribution in [-0.2, 0) is 28.7 Å². The molecule has 0 aliphatic heterocycles. The minimum absolute atomic E-state index is 0.520. The van der Waals surface area contributed by atoms with Crippen molar-refractivity contribution >= 4 is 29.8 Å². The van der Waals surface area contributed by atoms with E-state index in [4.69, 9.17) is 37.6 Å². The molecule has 0 radical (unpaired) electrons. The number of aliphatic carboxylic acids is 4. The average Bonchev–Trinajstić information content (AvgIpc) is 2.53. The monoisotopic (exact) mass is 395 g/mol. The quantitative estimate of drug-likeness (QED) is 0.137. The van der Waals surface area contributed by atoms with Gasteiger partial charge in [-0.1, -0.05) is 6.42 Å². The van der Waals surface area contributed by atoms with Crippen molar-refractivity contribution in [2.45, 2.75) is 43.7 Å². The number of nitrogens with two attached hydrogens (primary N) is 3. The molecule has 0 aromatic heterocycles. The maximum absolute atomic E-state index is 10.9. The Balaban J connectivity index is 0. The molecule has 0 bridgehead atoms. The van der Waals surface area contributed by atoms with Gasteiger partial charge in [0.1, 0.15) is 6.04 Å². The number of esters is 1. The zero-order valence-corrected chi connectivity index (χ0v) is 14.5. The Labute approximate surface area is 154 Å². The van der Waals surface area contributed by atoms with Gasteiger partial charge in [-0.15, -0.1) is 0 Å².